The van der Waals surface area contributed by atoms with Gasteiger partial charge in [0.2, 0.25) is 0 Å². The lowest BCUT2D eigenvalue weighted by Gasteiger charge is -2.16. The highest BCUT2D eigenvalue weighted by atomic mass is 14.9. The molecule has 0 amide bonds. The molecule has 3 nitrogen and oxygen atoms in total. The second kappa shape index (κ2) is 5.71. The summed E-state index contributed by atoms with van der Waals surface area (Å²) in [5.41, 5.74) is 11.0. The molecule has 1 heterocycles. The van der Waals surface area contributed by atoms with Crippen LogP contribution < -0.4 is 5.73 Å². The lowest BCUT2D eigenvalue weighted by atomic mass is 9.90. The quantitative estimate of drug-likeness (QED) is 0.930. The van der Waals surface area contributed by atoms with Gasteiger partial charge < -0.3 is 5.73 Å². The Hall–Kier alpha value is -1.74. The average molecular weight is 267 g/mol. The van der Waals surface area contributed by atoms with E-state index < -0.39 is 0 Å². The highest BCUT2D eigenvalue weighted by Gasteiger charge is 2.11. The minimum absolute atomic E-state index is 0.0915. The van der Waals surface area contributed by atoms with Crippen LogP contribution in [0.3, 0.4) is 0 Å². The van der Waals surface area contributed by atoms with E-state index in [2.05, 4.69) is 28.2 Å². The molecular formula is C17H21N3. The van der Waals surface area contributed by atoms with E-state index in [4.69, 9.17) is 5.73 Å². The molecule has 20 heavy (non-hydrogen) atoms. The van der Waals surface area contributed by atoms with Crippen molar-refractivity contribution in [2.24, 2.45) is 5.73 Å². The molecule has 1 aliphatic carbocycles. The van der Waals surface area contributed by atoms with Crippen molar-refractivity contribution in [3.05, 3.63) is 47.4 Å². The van der Waals surface area contributed by atoms with E-state index in [1.807, 2.05) is 19.2 Å². The number of nitrogens with two attached hydrogens (primary N) is 1. The fraction of sp³-hybridized carbons (Fsp3) is 0.412. The molecule has 1 aliphatic rings. The molecule has 0 spiro atoms. The van der Waals surface area contributed by atoms with E-state index in [9.17, 15) is 0 Å². The number of hydrogen-bond donors (Lipinski definition) is 1. The number of nitrogens with zero attached hydrogens (tertiary/aromatic N) is 2. The third-order valence-electron chi connectivity index (χ3n) is 3.85. The predicted octanol–water partition coefficient (Wildman–Crippen LogP) is 2.91. The van der Waals surface area contributed by atoms with Crippen LogP contribution >= 0.6 is 0 Å². The lowest BCUT2D eigenvalue weighted by Crippen LogP contribution is -2.19. The maximum absolute atomic E-state index is 5.82. The maximum Gasteiger partial charge on any atom is 0.130 e. The van der Waals surface area contributed by atoms with Crippen LogP contribution in [0.4, 0.5) is 0 Å². The summed E-state index contributed by atoms with van der Waals surface area (Å²) in [5, 5.41) is 0. The molecule has 3 heteroatoms. The van der Waals surface area contributed by atoms with Gasteiger partial charge in [-0.25, -0.2) is 9.97 Å². The molecule has 3 rings (SSSR count). The number of fused-ring (bicyclic) bond motifs is 1. The second-order valence-corrected chi connectivity index (χ2v) is 5.73. The van der Waals surface area contributed by atoms with Crippen LogP contribution in [0, 0.1) is 0 Å². The molecule has 1 atom stereocenters. The molecule has 104 valence electrons. The molecule has 0 radical (unpaired) electrons. The Kier molecular flexibility index (Phi) is 3.79. The fourth-order valence-corrected chi connectivity index (χ4v) is 2.84. The van der Waals surface area contributed by atoms with Crippen molar-refractivity contribution in [2.45, 2.75) is 45.1 Å². The normalized spacial score (nSPS) is 15.7. The zero-order valence-electron chi connectivity index (χ0n) is 12.0. The molecule has 0 fully saturated rings. The van der Waals surface area contributed by atoms with Crippen LogP contribution in [0.2, 0.25) is 0 Å². The lowest BCUT2D eigenvalue weighted by molar-refractivity contribution is 0.685. The van der Waals surface area contributed by atoms with Crippen molar-refractivity contribution in [2.75, 3.05) is 0 Å². The van der Waals surface area contributed by atoms with Crippen molar-refractivity contribution < 1.29 is 0 Å². The third-order valence-corrected chi connectivity index (χ3v) is 3.85. The number of rotatable bonds is 3. The van der Waals surface area contributed by atoms with Crippen molar-refractivity contribution in [3.8, 4) is 11.3 Å². The smallest absolute Gasteiger partial charge is 0.130 e. The zero-order valence-corrected chi connectivity index (χ0v) is 12.0. The summed E-state index contributed by atoms with van der Waals surface area (Å²) in [6.45, 7) is 1.98. The molecule has 1 aromatic carbocycles. The minimum atomic E-state index is 0.0915. The first-order valence-electron chi connectivity index (χ1n) is 7.42. The summed E-state index contributed by atoms with van der Waals surface area (Å²) in [6.07, 6.45) is 7.59. The van der Waals surface area contributed by atoms with Gasteiger partial charge in [-0.05, 0) is 55.9 Å². The van der Waals surface area contributed by atoms with Crippen molar-refractivity contribution in [3.63, 3.8) is 0 Å². The third kappa shape index (κ3) is 2.88. The molecule has 1 aromatic heterocycles. The van der Waals surface area contributed by atoms with Crippen molar-refractivity contribution >= 4 is 0 Å². The van der Waals surface area contributed by atoms with E-state index in [1.165, 1.54) is 42.4 Å². The highest BCUT2D eigenvalue weighted by Crippen LogP contribution is 2.26. The van der Waals surface area contributed by atoms with E-state index in [1.54, 1.807) is 0 Å². The topological polar surface area (TPSA) is 51.8 Å². The monoisotopic (exact) mass is 267 g/mol. The zero-order chi connectivity index (χ0) is 13.9. The van der Waals surface area contributed by atoms with Gasteiger partial charge in [-0.15, -0.1) is 0 Å². The molecule has 0 aliphatic heterocycles. The Labute approximate surface area is 120 Å². The summed E-state index contributed by atoms with van der Waals surface area (Å²) in [5.74, 6) is 0.829. The highest BCUT2D eigenvalue weighted by molar-refractivity contribution is 5.61. The summed E-state index contributed by atoms with van der Waals surface area (Å²) < 4.78 is 0. The molecule has 0 saturated carbocycles. The Morgan fingerprint density at radius 3 is 2.75 bits per heavy atom. The molecule has 0 saturated heterocycles. The molecule has 1 unspecified atom stereocenters. The Morgan fingerprint density at radius 2 is 1.95 bits per heavy atom. The molecule has 2 N–H and O–H groups in total. The van der Waals surface area contributed by atoms with Gasteiger partial charge in [0.05, 0.1) is 5.69 Å². The maximum atomic E-state index is 5.82. The van der Waals surface area contributed by atoms with Gasteiger partial charge in [-0.1, -0.05) is 12.1 Å². The average Bonchev–Trinajstić information content (AvgIpc) is 2.46. The van der Waals surface area contributed by atoms with E-state index in [-0.39, 0.29) is 6.04 Å². The van der Waals surface area contributed by atoms with Crippen molar-refractivity contribution in [1.29, 1.82) is 0 Å². The van der Waals surface area contributed by atoms with Gasteiger partial charge >= 0.3 is 0 Å². The Balaban J connectivity index is 1.92. The van der Waals surface area contributed by atoms with Crippen LogP contribution in [0.15, 0.2) is 30.5 Å². The molecule has 0 bridgehead atoms. The van der Waals surface area contributed by atoms with E-state index in [0.29, 0.717) is 0 Å². The van der Waals surface area contributed by atoms with Crippen LogP contribution in [-0.4, -0.2) is 16.0 Å². The van der Waals surface area contributed by atoms with E-state index in [0.717, 1.165) is 17.9 Å². The number of aryl methyl sites for hydroxylation is 2. The number of hydrogen-bond acceptors (Lipinski definition) is 3. The van der Waals surface area contributed by atoms with Gasteiger partial charge in [0.1, 0.15) is 5.82 Å². The first-order chi connectivity index (χ1) is 9.72. The Morgan fingerprint density at radius 1 is 1.15 bits per heavy atom. The Bertz CT molecular complexity index is 605. The van der Waals surface area contributed by atoms with Crippen LogP contribution in [0.25, 0.3) is 11.3 Å². The fourth-order valence-electron chi connectivity index (χ4n) is 2.84. The minimum Gasteiger partial charge on any atom is -0.328 e. The SMILES string of the molecule is CC(N)Cc1nccc(-c2ccc3c(c2)CCCC3)n1. The first-order valence-corrected chi connectivity index (χ1v) is 7.42. The molecule has 2 aromatic rings. The summed E-state index contributed by atoms with van der Waals surface area (Å²) in [4.78, 5) is 8.94. The van der Waals surface area contributed by atoms with Gasteiger partial charge in [-0.2, -0.15) is 0 Å². The largest absolute Gasteiger partial charge is 0.328 e. The summed E-state index contributed by atoms with van der Waals surface area (Å²) in [7, 11) is 0. The van der Waals surface area contributed by atoms with Crippen LogP contribution in [0.5, 0.6) is 0 Å². The molecular weight excluding hydrogens is 246 g/mol. The van der Waals surface area contributed by atoms with Gasteiger partial charge in [0.25, 0.3) is 0 Å². The second-order valence-electron chi connectivity index (χ2n) is 5.73. The van der Waals surface area contributed by atoms with Gasteiger partial charge in [0, 0.05) is 24.2 Å². The van der Waals surface area contributed by atoms with Crippen LogP contribution in [-0.2, 0) is 19.3 Å². The van der Waals surface area contributed by atoms with Gasteiger partial charge in [0.15, 0.2) is 0 Å². The van der Waals surface area contributed by atoms with Crippen molar-refractivity contribution in [1.82, 2.24) is 9.97 Å². The standard InChI is InChI=1S/C17H21N3/c1-12(18)10-17-19-9-8-16(20-17)15-7-6-13-4-2-3-5-14(13)11-15/h6-9,11-12H,2-5,10,18H2,1H3. The summed E-state index contributed by atoms with van der Waals surface area (Å²) in [6, 6.07) is 8.81. The van der Waals surface area contributed by atoms with Crippen LogP contribution in [0.1, 0.15) is 36.7 Å². The number of aromatic nitrogens is 2. The first kappa shape index (κ1) is 13.3. The number of benzene rings is 1. The predicted molar refractivity (Wildman–Crippen MR) is 81.5 cm³/mol. The van der Waals surface area contributed by atoms with Gasteiger partial charge in [-0.3, -0.25) is 0 Å². The van der Waals surface area contributed by atoms with E-state index >= 15 is 0 Å². The summed E-state index contributed by atoms with van der Waals surface area (Å²) >= 11 is 0.